The molecule has 0 heterocycles. The van der Waals surface area contributed by atoms with E-state index in [0.29, 0.717) is 76.2 Å². The molecule has 2 aromatic rings. The van der Waals surface area contributed by atoms with Gasteiger partial charge in [-0.3, -0.25) is 4.79 Å². The van der Waals surface area contributed by atoms with Crippen molar-refractivity contribution < 1.29 is 38.3 Å². The van der Waals surface area contributed by atoms with E-state index < -0.39 is 30.9 Å². The van der Waals surface area contributed by atoms with Crippen molar-refractivity contribution >= 4 is 34.0 Å². The van der Waals surface area contributed by atoms with E-state index in [9.17, 15) is 36.9 Å². The van der Waals surface area contributed by atoms with Crippen molar-refractivity contribution in [2.45, 2.75) is 199 Å². The average Bonchev–Trinajstić information content (AvgIpc) is 3.86. The van der Waals surface area contributed by atoms with Gasteiger partial charge in [-0.25, -0.2) is 16.8 Å². The molecule has 0 amide bonds. The molecule has 0 bridgehead atoms. The highest BCUT2D eigenvalue weighted by atomic mass is 32.2. The normalized spacial score (nSPS) is 43.6. The maximum atomic E-state index is 13.9. The van der Waals surface area contributed by atoms with Gasteiger partial charge in [0.2, 0.25) is 0 Å². The van der Waals surface area contributed by atoms with Gasteiger partial charge in [0.25, 0.3) is 0 Å². The Bertz CT molecular complexity index is 2430. The second-order valence-corrected chi connectivity index (χ2v) is 32.0. The molecule has 0 aliphatic heterocycles. The van der Waals surface area contributed by atoms with Crippen LogP contribution in [-0.2, 0) is 24.5 Å². The largest absolute Gasteiger partial charge is 0.393 e. The molecule has 8 aliphatic carbocycles. The summed E-state index contributed by atoms with van der Waals surface area (Å²) in [5.41, 5.74) is -1.16. The lowest BCUT2D eigenvalue weighted by Crippen LogP contribution is -2.60. The maximum Gasteiger partial charge on any atom is 0.178 e. The fourth-order valence-electron chi connectivity index (χ4n) is 19.1. The molecule has 8 nitrogen and oxygen atoms in total. The third kappa shape index (κ3) is 11.3. The van der Waals surface area contributed by atoms with Gasteiger partial charge in [-0.05, 0) is 235 Å². The van der Waals surface area contributed by atoms with E-state index in [0.717, 1.165) is 105 Å². The number of benzene rings is 2. The minimum Gasteiger partial charge on any atom is -0.393 e. The summed E-state index contributed by atoms with van der Waals surface area (Å²) in [6.45, 7) is 24.2. The molecular formula is C62H99O8PS2. The smallest absolute Gasteiger partial charge is 0.178 e. The molecule has 8 fully saturated rings. The minimum absolute atomic E-state index is 0.00389. The van der Waals surface area contributed by atoms with E-state index in [1.807, 2.05) is 26.0 Å². The predicted octanol–water partition coefficient (Wildman–Crippen LogP) is 13.1. The number of aliphatic hydroxyl groups is 3. The number of ketones is 1. The Morgan fingerprint density at radius 2 is 1.01 bits per heavy atom. The Hall–Kier alpha value is -1.68. The van der Waals surface area contributed by atoms with Crippen molar-refractivity contribution in [3.8, 4) is 0 Å². The third-order valence-corrected chi connectivity index (χ3v) is 26.1. The van der Waals surface area contributed by atoms with E-state index in [-0.39, 0.29) is 62.9 Å². The van der Waals surface area contributed by atoms with E-state index >= 15 is 0 Å². The number of rotatable bonds is 8. The molecule has 19 atom stereocenters. The van der Waals surface area contributed by atoms with Gasteiger partial charge in [-0.2, -0.15) is 0 Å². The lowest BCUT2D eigenvalue weighted by atomic mass is 9.43. The van der Waals surface area contributed by atoms with Crippen LogP contribution in [0.2, 0.25) is 0 Å². The molecule has 0 radical (unpaired) electrons. The van der Waals surface area contributed by atoms with Gasteiger partial charge in [-0.1, -0.05) is 91.8 Å². The van der Waals surface area contributed by atoms with Crippen LogP contribution in [0, 0.1) is 92.7 Å². The summed E-state index contributed by atoms with van der Waals surface area (Å²) >= 11 is 0. The standard InChI is InChI=1S/C29H44O4S.C29H42O4S.C2H7P.C2H6/c2*1-19(18-34(32,33)21-8-6-5-7-9-21)23-12-13-24-22-11-10-20-16-27(2,31)14-15-28(20,3)26(22)25(30)17-29(23,24)4;1-3-2;1-2/h5-9,19-20,22-26,30-31H,10-18H2,1-4H3;5-9,19-20,22-24,26,31H,10-18H2,1-4H3;3H,1-2H3;1-2H3/t19-,20-,22+,23-,24+,25?,26-,27+,28+,29-;19-,20-,22+,23-,24+,26-,27+,28+,29-;;/m11../s1/i;;;1D. The summed E-state index contributed by atoms with van der Waals surface area (Å²) in [4.78, 5) is 14.7. The third-order valence-electron chi connectivity index (χ3n) is 22.2. The van der Waals surface area contributed by atoms with Crippen LogP contribution in [-0.4, -0.2) is 80.1 Å². The fourth-order valence-corrected chi connectivity index (χ4v) is 22.5. The Kier molecular flexibility index (Phi) is 17.5. The molecule has 412 valence electrons. The van der Waals surface area contributed by atoms with Crippen molar-refractivity contribution in [2.24, 2.45) is 92.7 Å². The Labute approximate surface area is 447 Å². The zero-order valence-corrected chi connectivity index (χ0v) is 49.5. The molecule has 8 aliphatic rings. The lowest BCUT2D eigenvalue weighted by molar-refractivity contribution is -0.189. The molecule has 1 unspecified atom stereocenters. The van der Waals surface area contributed by atoms with Crippen LogP contribution in [0.4, 0.5) is 0 Å². The summed E-state index contributed by atoms with van der Waals surface area (Å²) in [6.07, 6.45) is 15.1. The number of aliphatic hydroxyl groups excluding tert-OH is 1. The topological polar surface area (TPSA) is 146 Å². The quantitative estimate of drug-likeness (QED) is 0.222. The zero-order chi connectivity index (χ0) is 54.5. The summed E-state index contributed by atoms with van der Waals surface area (Å²) in [7, 11) is -5.58. The molecule has 0 aromatic heterocycles. The number of Topliss-reactive ketones (excluding diaryl/α,β-unsaturated/α-hetero) is 1. The number of hydrogen-bond donors (Lipinski definition) is 3. The number of carbonyl (C=O) groups excluding carboxylic acids is 1. The highest BCUT2D eigenvalue weighted by molar-refractivity contribution is 7.91. The molecular weight excluding hydrogens is 968 g/mol. The first-order valence-electron chi connectivity index (χ1n) is 29.4. The molecule has 10 rings (SSSR count). The fraction of sp³-hybridized carbons (Fsp3) is 0.790. The zero-order valence-electron chi connectivity index (χ0n) is 47.9. The number of carbonyl (C=O) groups is 1. The molecule has 2 aromatic carbocycles. The highest BCUT2D eigenvalue weighted by Crippen LogP contribution is 2.70. The molecule has 0 spiro atoms. The van der Waals surface area contributed by atoms with Crippen molar-refractivity contribution in [2.75, 3.05) is 24.8 Å². The second kappa shape index (κ2) is 22.2. The molecule has 73 heavy (non-hydrogen) atoms. The first kappa shape index (κ1) is 57.5. The Morgan fingerprint density at radius 1 is 0.603 bits per heavy atom. The van der Waals surface area contributed by atoms with Gasteiger partial charge >= 0.3 is 0 Å². The van der Waals surface area contributed by atoms with Crippen LogP contribution in [0.25, 0.3) is 0 Å². The average molecular weight is 1070 g/mol. The summed E-state index contributed by atoms with van der Waals surface area (Å²) < 4.78 is 58.7. The van der Waals surface area contributed by atoms with Crippen molar-refractivity contribution in [3.63, 3.8) is 0 Å². The van der Waals surface area contributed by atoms with Crippen LogP contribution in [0.5, 0.6) is 0 Å². The maximum absolute atomic E-state index is 13.9. The van der Waals surface area contributed by atoms with E-state index in [2.05, 4.69) is 54.9 Å². The molecule has 8 saturated carbocycles. The SMILES string of the molecule is CPC.C[C@H](CS(=O)(=O)c1ccccc1)[C@H]1CC[C@H]2[C@@H]3CC[C@@H]4C[C@@](C)(O)CC[C@]4(C)[C@H]3C(=O)C[C@]12C.C[C@H](CS(=O)(=O)c1ccccc1)[C@H]1CC[C@H]2[C@@H]3CC[C@@H]4C[C@@](C)(O)CC[C@]4(C)[C@H]3C(O)C[C@]12C.[2H]CC. The number of fused-ring (bicyclic) bond motifs is 10. The van der Waals surface area contributed by atoms with Gasteiger partial charge < -0.3 is 15.3 Å². The molecule has 3 N–H and O–H groups in total. The summed E-state index contributed by atoms with van der Waals surface area (Å²) in [5, 5.41) is 33.1. The monoisotopic (exact) mass is 1070 g/mol. The molecule has 0 saturated heterocycles. The second-order valence-electron chi connectivity index (χ2n) is 26.9. The first-order valence-corrected chi connectivity index (χ1v) is 34.0. The van der Waals surface area contributed by atoms with Crippen LogP contribution < -0.4 is 0 Å². The van der Waals surface area contributed by atoms with Gasteiger partial charge in [-0.15, -0.1) is 8.58 Å². The summed E-state index contributed by atoms with van der Waals surface area (Å²) in [5.74, 6) is 4.78. The van der Waals surface area contributed by atoms with Gasteiger partial charge in [0.15, 0.2) is 19.7 Å². The van der Waals surface area contributed by atoms with E-state index in [1.54, 1.807) is 55.5 Å². The summed E-state index contributed by atoms with van der Waals surface area (Å²) in [6, 6.07) is 17.7. The van der Waals surface area contributed by atoms with Crippen LogP contribution in [0.15, 0.2) is 70.5 Å². The number of sulfone groups is 2. The van der Waals surface area contributed by atoms with E-state index in [4.69, 9.17) is 1.37 Å². The Balaban J connectivity index is 0.000000196. The molecule has 11 heteroatoms. The van der Waals surface area contributed by atoms with Crippen molar-refractivity contribution in [1.29, 1.82) is 0 Å². The van der Waals surface area contributed by atoms with Gasteiger partial charge in [0.1, 0.15) is 5.78 Å². The lowest BCUT2D eigenvalue weighted by Gasteiger charge is -2.63. The van der Waals surface area contributed by atoms with Crippen molar-refractivity contribution in [3.05, 3.63) is 60.7 Å². The van der Waals surface area contributed by atoms with E-state index in [1.165, 1.54) is 0 Å². The van der Waals surface area contributed by atoms with Crippen LogP contribution in [0.1, 0.15) is 173 Å². The predicted molar refractivity (Wildman–Crippen MR) is 300 cm³/mol. The van der Waals surface area contributed by atoms with Crippen LogP contribution >= 0.6 is 8.58 Å². The first-order chi connectivity index (χ1) is 34.6. The van der Waals surface area contributed by atoms with Gasteiger partial charge in [0.05, 0.1) is 38.6 Å². The van der Waals surface area contributed by atoms with Gasteiger partial charge in [0, 0.05) is 13.7 Å². The highest BCUT2D eigenvalue weighted by Gasteiger charge is 2.66. The number of hydrogen-bond acceptors (Lipinski definition) is 8. The minimum atomic E-state index is -3.34. The Morgan fingerprint density at radius 3 is 1.49 bits per heavy atom. The van der Waals surface area contributed by atoms with Crippen LogP contribution in [0.3, 0.4) is 0 Å². The van der Waals surface area contributed by atoms with Crippen molar-refractivity contribution in [1.82, 2.24) is 0 Å².